The summed E-state index contributed by atoms with van der Waals surface area (Å²) in [6.07, 6.45) is 0.181. The maximum atomic E-state index is 12.3. The van der Waals surface area contributed by atoms with Crippen LogP contribution >= 0.6 is 11.3 Å². The van der Waals surface area contributed by atoms with E-state index < -0.39 is 15.8 Å². The first-order valence-electron chi connectivity index (χ1n) is 8.15. The van der Waals surface area contributed by atoms with Gasteiger partial charge in [0.15, 0.2) is 20.7 Å². The molecule has 1 aromatic carbocycles. The summed E-state index contributed by atoms with van der Waals surface area (Å²) in [5, 5.41) is 4.30. The average molecular weight is 412 g/mol. The lowest BCUT2D eigenvalue weighted by Crippen LogP contribution is -2.14. The highest BCUT2D eigenvalue weighted by molar-refractivity contribution is 7.91. The number of carbonyl (C=O) groups is 2. The minimum Gasteiger partial charge on any atom is -0.497 e. The number of rotatable bonds is 9. The number of anilines is 1. The number of esters is 1. The molecule has 1 heterocycles. The van der Waals surface area contributed by atoms with Crippen molar-refractivity contribution in [2.24, 2.45) is 0 Å². The molecular formula is C17H20N2O6S2. The van der Waals surface area contributed by atoms with Gasteiger partial charge < -0.3 is 14.8 Å². The average Bonchev–Trinajstić information content (AvgIpc) is 3.10. The number of carbonyl (C=O) groups excluding carboxylic acids is 2. The molecule has 0 fully saturated rings. The zero-order valence-corrected chi connectivity index (χ0v) is 16.6. The molecule has 0 bridgehead atoms. The number of methoxy groups -OCH3 is 1. The maximum absolute atomic E-state index is 12.3. The number of benzene rings is 1. The largest absolute Gasteiger partial charge is 0.497 e. The fourth-order valence-electron chi connectivity index (χ4n) is 2.14. The Hall–Kier alpha value is -2.46. The number of sulfone groups is 1. The maximum Gasteiger partial charge on any atom is 0.357 e. The van der Waals surface area contributed by atoms with Crippen LogP contribution in [0.3, 0.4) is 0 Å². The second kappa shape index (κ2) is 9.47. The van der Waals surface area contributed by atoms with Crippen LogP contribution in [0.25, 0.3) is 0 Å². The summed E-state index contributed by atoms with van der Waals surface area (Å²) in [5.41, 5.74) is 0.124. The lowest BCUT2D eigenvalue weighted by atomic mass is 10.3. The quantitative estimate of drug-likeness (QED) is 0.630. The summed E-state index contributed by atoms with van der Waals surface area (Å²) in [7, 11) is -1.98. The third kappa shape index (κ3) is 6.04. The van der Waals surface area contributed by atoms with Crippen LogP contribution in [-0.2, 0) is 19.4 Å². The molecule has 2 rings (SSSR count). The van der Waals surface area contributed by atoms with Gasteiger partial charge in [0, 0.05) is 11.8 Å². The predicted molar refractivity (Wildman–Crippen MR) is 101 cm³/mol. The molecular weight excluding hydrogens is 392 g/mol. The number of nitrogens with zero attached hydrogens (tertiary/aromatic N) is 1. The van der Waals surface area contributed by atoms with Crippen molar-refractivity contribution in [1.82, 2.24) is 4.98 Å². The van der Waals surface area contributed by atoms with E-state index >= 15 is 0 Å². The van der Waals surface area contributed by atoms with Gasteiger partial charge in [0.05, 0.1) is 24.4 Å². The summed E-state index contributed by atoms with van der Waals surface area (Å²) in [4.78, 5) is 27.6. The number of ether oxygens (including phenoxy) is 2. The highest BCUT2D eigenvalue weighted by Gasteiger charge is 2.16. The third-order valence-electron chi connectivity index (χ3n) is 3.47. The lowest BCUT2D eigenvalue weighted by Gasteiger charge is -2.06. The van der Waals surface area contributed by atoms with E-state index in [1.807, 2.05) is 0 Å². The van der Waals surface area contributed by atoms with Crippen LogP contribution in [0.2, 0.25) is 0 Å². The van der Waals surface area contributed by atoms with Crippen LogP contribution in [0, 0.1) is 0 Å². The van der Waals surface area contributed by atoms with Crippen molar-refractivity contribution < 1.29 is 27.5 Å². The van der Waals surface area contributed by atoms with E-state index in [1.54, 1.807) is 19.1 Å². The van der Waals surface area contributed by atoms with Gasteiger partial charge >= 0.3 is 5.97 Å². The standard InChI is InChI=1S/C17H20N2O6S2/c1-3-25-16(21)14-11-26-17(18-14)19-15(20)5-4-10-27(22,23)13-8-6-12(24-2)7-9-13/h6-9,11H,3-5,10H2,1-2H3,(H,18,19,20). The summed E-state index contributed by atoms with van der Waals surface area (Å²) >= 11 is 1.10. The number of thiazole rings is 1. The molecule has 2 aromatic rings. The van der Waals surface area contributed by atoms with Crippen molar-refractivity contribution in [2.75, 3.05) is 24.8 Å². The molecule has 0 saturated carbocycles. The number of aromatic nitrogens is 1. The molecule has 0 aliphatic carbocycles. The molecule has 0 saturated heterocycles. The molecule has 0 aliphatic heterocycles. The van der Waals surface area contributed by atoms with Crippen molar-refractivity contribution in [3.63, 3.8) is 0 Å². The van der Waals surface area contributed by atoms with Crippen molar-refractivity contribution >= 4 is 38.2 Å². The topological polar surface area (TPSA) is 112 Å². The van der Waals surface area contributed by atoms with Crippen LogP contribution < -0.4 is 10.1 Å². The summed E-state index contributed by atoms with van der Waals surface area (Å²) in [6.45, 7) is 1.92. The van der Waals surface area contributed by atoms with Crippen molar-refractivity contribution in [1.29, 1.82) is 0 Å². The zero-order valence-electron chi connectivity index (χ0n) is 14.9. The zero-order chi connectivity index (χ0) is 19.9. The van der Waals surface area contributed by atoms with Gasteiger partial charge in [-0.3, -0.25) is 4.79 Å². The summed E-state index contributed by atoms with van der Waals surface area (Å²) in [5.74, 6) is -0.512. The molecule has 10 heteroatoms. The molecule has 0 aliphatic rings. The highest BCUT2D eigenvalue weighted by atomic mass is 32.2. The van der Waals surface area contributed by atoms with E-state index in [-0.39, 0.29) is 46.8 Å². The van der Waals surface area contributed by atoms with E-state index in [0.717, 1.165) is 11.3 Å². The fraction of sp³-hybridized carbons (Fsp3) is 0.353. The van der Waals surface area contributed by atoms with Gasteiger partial charge in [-0.15, -0.1) is 11.3 Å². The fourth-order valence-corrected chi connectivity index (χ4v) is 4.14. The summed E-state index contributed by atoms with van der Waals surface area (Å²) in [6, 6.07) is 6.09. The van der Waals surface area contributed by atoms with Crippen LogP contribution in [-0.4, -0.2) is 44.7 Å². The Morgan fingerprint density at radius 1 is 1.22 bits per heavy atom. The Morgan fingerprint density at radius 2 is 1.93 bits per heavy atom. The monoisotopic (exact) mass is 412 g/mol. The molecule has 146 valence electrons. The van der Waals surface area contributed by atoms with Gasteiger partial charge in [0.1, 0.15) is 5.75 Å². The first kappa shape index (κ1) is 20.8. The van der Waals surface area contributed by atoms with E-state index in [4.69, 9.17) is 9.47 Å². The number of hydrogen-bond acceptors (Lipinski definition) is 8. The molecule has 1 aromatic heterocycles. The van der Waals surface area contributed by atoms with Gasteiger partial charge in [-0.05, 0) is 37.6 Å². The Morgan fingerprint density at radius 3 is 2.56 bits per heavy atom. The van der Waals surface area contributed by atoms with Gasteiger partial charge in [0.2, 0.25) is 5.91 Å². The van der Waals surface area contributed by atoms with E-state index in [0.29, 0.717) is 5.75 Å². The van der Waals surface area contributed by atoms with Gasteiger partial charge in [0.25, 0.3) is 0 Å². The van der Waals surface area contributed by atoms with Crippen molar-refractivity contribution in [3.8, 4) is 5.75 Å². The van der Waals surface area contributed by atoms with Crippen LogP contribution in [0.5, 0.6) is 5.75 Å². The van der Waals surface area contributed by atoms with Crippen LogP contribution in [0.15, 0.2) is 34.5 Å². The Labute approximate surface area is 161 Å². The molecule has 0 atom stereocenters. The Bertz CT molecular complexity index is 890. The highest BCUT2D eigenvalue weighted by Crippen LogP contribution is 2.19. The first-order valence-corrected chi connectivity index (χ1v) is 10.7. The van der Waals surface area contributed by atoms with E-state index in [2.05, 4.69) is 10.3 Å². The van der Waals surface area contributed by atoms with Gasteiger partial charge in [-0.1, -0.05) is 0 Å². The van der Waals surface area contributed by atoms with Crippen LogP contribution in [0.1, 0.15) is 30.3 Å². The number of nitrogens with one attached hydrogen (secondary N) is 1. The smallest absolute Gasteiger partial charge is 0.357 e. The van der Waals surface area contributed by atoms with E-state index in [1.165, 1.54) is 24.6 Å². The van der Waals surface area contributed by atoms with Crippen LogP contribution in [0.4, 0.5) is 5.13 Å². The predicted octanol–water partition coefficient (Wildman–Crippen LogP) is 2.52. The third-order valence-corrected chi connectivity index (χ3v) is 6.04. The molecule has 27 heavy (non-hydrogen) atoms. The Balaban J connectivity index is 1.84. The lowest BCUT2D eigenvalue weighted by molar-refractivity contribution is -0.116. The van der Waals surface area contributed by atoms with Gasteiger partial charge in [-0.2, -0.15) is 0 Å². The SMILES string of the molecule is CCOC(=O)c1csc(NC(=O)CCCS(=O)(=O)c2ccc(OC)cc2)n1. The molecule has 0 radical (unpaired) electrons. The molecule has 0 spiro atoms. The number of amides is 1. The Kier molecular flexibility index (Phi) is 7.31. The molecule has 1 N–H and O–H groups in total. The minimum absolute atomic E-state index is 0.0176. The van der Waals surface area contributed by atoms with Crippen molar-refractivity contribution in [3.05, 3.63) is 35.3 Å². The van der Waals surface area contributed by atoms with Crippen molar-refractivity contribution in [2.45, 2.75) is 24.7 Å². The second-order valence-electron chi connectivity index (χ2n) is 5.40. The molecule has 0 unspecified atom stereocenters. The normalized spacial score (nSPS) is 11.0. The molecule has 8 nitrogen and oxygen atoms in total. The second-order valence-corrected chi connectivity index (χ2v) is 8.37. The summed E-state index contributed by atoms with van der Waals surface area (Å²) < 4.78 is 34.4. The minimum atomic E-state index is -3.48. The molecule has 1 amide bonds. The van der Waals surface area contributed by atoms with Gasteiger partial charge in [-0.25, -0.2) is 18.2 Å². The van der Waals surface area contributed by atoms with E-state index in [9.17, 15) is 18.0 Å². The number of hydrogen-bond donors (Lipinski definition) is 1. The first-order chi connectivity index (χ1) is 12.9.